The van der Waals surface area contributed by atoms with Crippen LogP contribution in [-0.2, 0) is 4.79 Å². The number of carbonyl (C=O) groups excluding carboxylic acids is 1. The molecule has 23 heavy (non-hydrogen) atoms. The Kier molecular flexibility index (Phi) is 4.71. The van der Waals surface area contributed by atoms with Crippen molar-refractivity contribution in [3.8, 4) is 0 Å². The maximum absolute atomic E-state index is 12.4. The molecule has 2 unspecified atom stereocenters. The number of hydrogen-bond donors (Lipinski definition) is 2. The van der Waals surface area contributed by atoms with Crippen molar-refractivity contribution in [2.75, 3.05) is 6.54 Å². The maximum atomic E-state index is 12.4. The Labute approximate surface area is 137 Å². The molecular formula is C19H26N2O2. The van der Waals surface area contributed by atoms with E-state index in [1.165, 1.54) is 0 Å². The van der Waals surface area contributed by atoms with Crippen LogP contribution in [-0.4, -0.2) is 18.5 Å². The Hall–Kier alpha value is -1.81. The average Bonchev–Trinajstić information content (AvgIpc) is 3.13. The van der Waals surface area contributed by atoms with E-state index in [4.69, 9.17) is 4.42 Å². The first-order chi connectivity index (χ1) is 11.1. The van der Waals surface area contributed by atoms with Gasteiger partial charge in [-0.1, -0.05) is 32.0 Å². The van der Waals surface area contributed by atoms with Crippen LogP contribution in [0.25, 0.3) is 11.0 Å². The Bertz CT molecular complexity index is 684. The zero-order chi connectivity index (χ0) is 16.4. The van der Waals surface area contributed by atoms with Gasteiger partial charge in [-0.25, -0.2) is 0 Å². The van der Waals surface area contributed by atoms with Gasteiger partial charge < -0.3 is 15.1 Å². The van der Waals surface area contributed by atoms with Crippen LogP contribution in [0.1, 0.15) is 50.5 Å². The highest BCUT2D eigenvalue weighted by molar-refractivity contribution is 5.82. The second kappa shape index (κ2) is 6.75. The molecule has 4 heteroatoms. The van der Waals surface area contributed by atoms with E-state index in [2.05, 4.69) is 37.5 Å². The highest BCUT2D eigenvalue weighted by Crippen LogP contribution is 2.32. The normalized spacial score (nSPS) is 19.4. The van der Waals surface area contributed by atoms with Gasteiger partial charge >= 0.3 is 0 Å². The van der Waals surface area contributed by atoms with Crippen LogP contribution in [0, 0.1) is 12.8 Å². The van der Waals surface area contributed by atoms with Crippen molar-refractivity contribution in [2.24, 2.45) is 5.92 Å². The summed E-state index contributed by atoms with van der Waals surface area (Å²) in [6.07, 6.45) is 2.79. The van der Waals surface area contributed by atoms with Crippen molar-refractivity contribution in [3.63, 3.8) is 0 Å². The summed E-state index contributed by atoms with van der Waals surface area (Å²) in [7, 11) is 0. The predicted octanol–water partition coefficient (Wildman–Crippen LogP) is 3.70. The van der Waals surface area contributed by atoms with Crippen LogP contribution in [0.2, 0.25) is 0 Å². The second-order valence-electron chi connectivity index (χ2n) is 6.87. The molecule has 2 atom stereocenters. The van der Waals surface area contributed by atoms with Crippen LogP contribution >= 0.6 is 0 Å². The number of furan rings is 1. The average molecular weight is 314 g/mol. The molecule has 0 bridgehead atoms. The zero-order valence-electron chi connectivity index (χ0n) is 14.2. The summed E-state index contributed by atoms with van der Waals surface area (Å²) in [6.45, 7) is 7.33. The fourth-order valence-electron chi connectivity index (χ4n) is 3.41. The first-order valence-corrected chi connectivity index (χ1v) is 8.57. The fourth-order valence-corrected chi connectivity index (χ4v) is 3.41. The Morgan fingerprint density at radius 3 is 2.83 bits per heavy atom. The summed E-state index contributed by atoms with van der Waals surface area (Å²) in [5.41, 5.74) is 2.01. The largest absolute Gasteiger partial charge is 0.459 e. The zero-order valence-corrected chi connectivity index (χ0v) is 14.2. The minimum atomic E-state index is -0.0868. The van der Waals surface area contributed by atoms with E-state index in [1.54, 1.807) is 0 Å². The number of carbonyl (C=O) groups is 1. The van der Waals surface area contributed by atoms with Crippen LogP contribution in [0.4, 0.5) is 0 Å². The molecule has 0 radical (unpaired) electrons. The number of rotatable bonds is 5. The van der Waals surface area contributed by atoms with Gasteiger partial charge in [0.05, 0.1) is 6.04 Å². The molecule has 1 amide bonds. The van der Waals surface area contributed by atoms with Crippen LogP contribution in [0.15, 0.2) is 28.7 Å². The van der Waals surface area contributed by atoms with Gasteiger partial charge in [-0.15, -0.1) is 0 Å². The maximum Gasteiger partial charge on any atom is 0.222 e. The summed E-state index contributed by atoms with van der Waals surface area (Å²) >= 11 is 0. The number of benzene rings is 1. The number of amides is 1. The van der Waals surface area contributed by atoms with E-state index >= 15 is 0 Å². The van der Waals surface area contributed by atoms with Gasteiger partial charge in [0.1, 0.15) is 11.3 Å². The van der Waals surface area contributed by atoms with E-state index in [0.717, 1.165) is 41.7 Å². The van der Waals surface area contributed by atoms with Crippen molar-refractivity contribution in [2.45, 2.75) is 52.1 Å². The highest BCUT2D eigenvalue weighted by Gasteiger charge is 2.26. The molecule has 2 aromatic rings. The fraction of sp³-hybridized carbons (Fsp3) is 0.526. The van der Waals surface area contributed by atoms with Gasteiger partial charge in [-0.05, 0) is 38.3 Å². The number of aryl methyl sites for hydroxylation is 1. The Morgan fingerprint density at radius 1 is 1.39 bits per heavy atom. The third-order valence-electron chi connectivity index (χ3n) is 4.74. The van der Waals surface area contributed by atoms with Crippen molar-refractivity contribution in [1.29, 1.82) is 0 Å². The third kappa shape index (κ3) is 3.42. The minimum absolute atomic E-state index is 0.0868. The van der Waals surface area contributed by atoms with E-state index in [0.29, 0.717) is 12.5 Å². The Morgan fingerprint density at radius 2 is 2.17 bits per heavy atom. The lowest BCUT2D eigenvalue weighted by Gasteiger charge is -2.22. The first-order valence-electron chi connectivity index (χ1n) is 8.57. The third-order valence-corrected chi connectivity index (χ3v) is 4.74. The van der Waals surface area contributed by atoms with Gasteiger partial charge in [0.2, 0.25) is 5.91 Å². The summed E-state index contributed by atoms with van der Waals surface area (Å²) in [5.74, 6) is 1.26. The van der Waals surface area contributed by atoms with Gasteiger partial charge in [0.15, 0.2) is 0 Å². The van der Waals surface area contributed by atoms with Gasteiger partial charge in [-0.2, -0.15) is 0 Å². The molecular weight excluding hydrogens is 288 g/mol. The van der Waals surface area contributed by atoms with Crippen molar-refractivity contribution >= 4 is 16.9 Å². The van der Waals surface area contributed by atoms with Crippen LogP contribution in [0.5, 0.6) is 0 Å². The van der Waals surface area contributed by atoms with E-state index in [9.17, 15) is 4.79 Å². The molecule has 2 N–H and O–H groups in total. The van der Waals surface area contributed by atoms with Gasteiger partial charge in [-0.3, -0.25) is 4.79 Å². The van der Waals surface area contributed by atoms with Crippen LogP contribution < -0.4 is 10.6 Å². The SMILES string of the molecule is Cc1c(C(NC(=O)CC2CCCN2)C(C)C)oc2ccccc12. The molecule has 4 nitrogen and oxygen atoms in total. The van der Waals surface area contributed by atoms with E-state index in [1.807, 2.05) is 18.2 Å². The lowest BCUT2D eigenvalue weighted by Crippen LogP contribution is -2.36. The molecule has 1 aliphatic heterocycles. The lowest BCUT2D eigenvalue weighted by atomic mass is 9.97. The number of hydrogen-bond acceptors (Lipinski definition) is 3. The van der Waals surface area contributed by atoms with Crippen LogP contribution in [0.3, 0.4) is 0 Å². The molecule has 124 valence electrons. The number of fused-ring (bicyclic) bond motifs is 1. The Balaban J connectivity index is 1.79. The predicted molar refractivity (Wildman–Crippen MR) is 92.3 cm³/mol. The quantitative estimate of drug-likeness (QED) is 0.885. The minimum Gasteiger partial charge on any atom is -0.459 e. The van der Waals surface area contributed by atoms with Crippen molar-refractivity contribution < 1.29 is 9.21 Å². The number of para-hydroxylation sites is 1. The topological polar surface area (TPSA) is 54.3 Å². The molecule has 1 aliphatic rings. The summed E-state index contributed by atoms with van der Waals surface area (Å²) in [5, 5.41) is 7.69. The second-order valence-corrected chi connectivity index (χ2v) is 6.87. The molecule has 0 spiro atoms. The first kappa shape index (κ1) is 16.1. The van der Waals surface area contributed by atoms with Gasteiger partial charge in [0.25, 0.3) is 0 Å². The summed E-state index contributed by atoms with van der Waals surface area (Å²) in [4.78, 5) is 12.4. The lowest BCUT2D eigenvalue weighted by molar-refractivity contribution is -0.122. The molecule has 1 fully saturated rings. The monoisotopic (exact) mass is 314 g/mol. The smallest absolute Gasteiger partial charge is 0.222 e. The molecule has 1 aromatic carbocycles. The molecule has 0 saturated carbocycles. The van der Waals surface area contributed by atoms with Crippen molar-refractivity contribution in [1.82, 2.24) is 10.6 Å². The molecule has 1 aromatic heterocycles. The summed E-state index contributed by atoms with van der Waals surface area (Å²) in [6, 6.07) is 8.27. The van der Waals surface area contributed by atoms with E-state index in [-0.39, 0.29) is 17.9 Å². The van der Waals surface area contributed by atoms with E-state index < -0.39 is 0 Å². The molecule has 0 aliphatic carbocycles. The molecule has 2 heterocycles. The number of nitrogens with one attached hydrogen (secondary N) is 2. The highest BCUT2D eigenvalue weighted by atomic mass is 16.3. The molecule has 1 saturated heterocycles. The standard InChI is InChI=1S/C19H26N2O2/c1-12(2)18(21-17(22)11-14-7-6-10-20-14)19-13(3)15-8-4-5-9-16(15)23-19/h4-5,8-9,12,14,18,20H,6-7,10-11H2,1-3H3,(H,21,22). The van der Waals surface area contributed by atoms with Gasteiger partial charge in [0, 0.05) is 23.4 Å². The molecule has 3 rings (SSSR count). The van der Waals surface area contributed by atoms with Crippen molar-refractivity contribution in [3.05, 3.63) is 35.6 Å². The summed E-state index contributed by atoms with van der Waals surface area (Å²) < 4.78 is 6.06.